The first-order chi connectivity index (χ1) is 7.92. The van der Waals surface area contributed by atoms with Crippen LogP contribution in [-0.4, -0.2) is 54.4 Å². The van der Waals surface area contributed by atoms with Crippen LogP contribution in [0.5, 0.6) is 0 Å². The summed E-state index contributed by atoms with van der Waals surface area (Å²) in [7, 11) is -3.32. The molecular weight excluding hydrogens is 246 g/mol. The van der Waals surface area contributed by atoms with Crippen LogP contribution in [0.1, 0.15) is 19.3 Å². The second-order valence-corrected chi connectivity index (χ2v) is 6.93. The number of amides is 1. The number of nitrogens with zero attached hydrogens (tertiary/aromatic N) is 1. The molecule has 0 aromatic heterocycles. The van der Waals surface area contributed by atoms with E-state index in [4.69, 9.17) is 5.11 Å². The van der Waals surface area contributed by atoms with Crippen LogP contribution >= 0.6 is 0 Å². The van der Waals surface area contributed by atoms with Crippen LogP contribution < -0.4 is 0 Å². The maximum Gasteiger partial charge on any atom is 0.310 e. The van der Waals surface area contributed by atoms with Crippen molar-refractivity contribution >= 4 is 21.7 Å². The lowest BCUT2D eigenvalue weighted by molar-refractivity contribution is -0.152. The van der Waals surface area contributed by atoms with E-state index in [-0.39, 0.29) is 18.8 Å². The van der Waals surface area contributed by atoms with E-state index in [9.17, 15) is 18.0 Å². The molecule has 96 valence electrons. The molecule has 17 heavy (non-hydrogen) atoms. The van der Waals surface area contributed by atoms with Crippen LogP contribution in [0.2, 0.25) is 0 Å². The number of rotatable bonds is 2. The van der Waals surface area contributed by atoms with Gasteiger partial charge in [0.25, 0.3) is 0 Å². The molecule has 0 bridgehead atoms. The van der Waals surface area contributed by atoms with Gasteiger partial charge in [0.1, 0.15) is 5.25 Å². The lowest BCUT2D eigenvalue weighted by Crippen LogP contribution is -2.57. The first-order valence-corrected chi connectivity index (χ1v) is 7.36. The van der Waals surface area contributed by atoms with Gasteiger partial charge in [0.15, 0.2) is 9.84 Å². The normalized spacial score (nSPS) is 28.5. The van der Waals surface area contributed by atoms with Gasteiger partial charge in [-0.1, -0.05) is 6.42 Å². The van der Waals surface area contributed by atoms with E-state index >= 15 is 0 Å². The van der Waals surface area contributed by atoms with E-state index < -0.39 is 32.9 Å². The van der Waals surface area contributed by atoms with E-state index in [0.29, 0.717) is 12.8 Å². The highest BCUT2D eigenvalue weighted by Crippen LogP contribution is 2.25. The van der Waals surface area contributed by atoms with Gasteiger partial charge in [-0.3, -0.25) is 9.59 Å². The van der Waals surface area contributed by atoms with Crippen molar-refractivity contribution in [2.24, 2.45) is 5.92 Å². The number of hydrogen-bond acceptors (Lipinski definition) is 4. The molecule has 2 aliphatic rings. The minimum atomic E-state index is -3.32. The average molecular weight is 261 g/mol. The number of carboxylic acid groups (broad SMARTS) is 1. The molecule has 0 spiro atoms. The molecule has 0 radical (unpaired) electrons. The van der Waals surface area contributed by atoms with Crippen LogP contribution in [0.25, 0.3) is 0 Å². The van der Waals surface area contributed by atoms with Gasteiger partial charge in [-0.25, -0.2) is 8.42 Å². The molecule has 1 N–H and O–H groups in total. The maximum atomic E-state index is 11.9. The van der Waals surface area contributed by atoms with Crippen molar-refractivity contribution < 1.29 is 23.1 Å². The Hall–Kier alpha value is -1.11. The topological polar surface area (TPSA) is 91.8 Å². The molecule has 0 saturated carbocycles. The molecule has 0 aliphatic carbocycles. The molecule has 1 amide bonds. The zero-order valence-corrected chi connectivity index (χ0v) is 10.1. The Labute approximate surface area is 99.5 Å². The molecule has 1 unspecified atom stereocenters. The van der Waals surface area contributed by atoms with E-state index in [1.54, 1.807) is 0 Å². The third kappa shape index (κ3) is 2.29. The number of aliphatic carboxylic acids is 1. The summed E-state index contributed by atoms with van der Waals surface area (Å²) in [5.74, 6) is -1.81. The summed E-state index contributed by atoms with van der Waals surface area (Å²) in [5.41, 5.74) is 0. The van der Waals surface area contributed by atoms with Gasteiger partial charge in [0.2, 0.25) is 5.91 Å². The minimum Gasteiger partial charge on any atom is -0.481 e. The van der Waals surface area contributed by atoms with Crippen molar-refractivity contribution in [3.63, 3.8) is 0 Å². The third-order valence-corrected chi connectivity index (χ3v) is 5.56. The number of carbonyl (C=O) groups is 2. The molecule has 2 heterocycles. The number of sulfone groups is 1. The van der Waals surface area contributed by atoms with Gasteiger partial charge in [-0.05, 0) is 12.8 Å². The fraction of sp³-hybridized carbons (Fsp3) is 0.800. The Kier molecular flexibility index (Phi) is 3.11. The molecular formula is C10H15NO5S. The molecule has 2 aliphatic heterocycles. The zero-order chi connectivity index (χ0) is 12.6. The summed E-state index contributed by atoms with van der Waals surface area (Å²) in [6.07, 6.45) is 1.73. The van der Waals surface area contributed by atoms with E-state index in [1.807, 2.05) is 0 Å². The summed E-state index contributed by atoms with van der Waals surface area (Å²) in [6, 6.07) is 0. The SMILES string of the molecule is O=C(O)C1CN(C(=O)C2CCCCS2(=O)=O)C1. The van der Waals surface area contributed by atoms with Gasteiger partial charge < -0.3 is 10.0 Å². The maximum absolute atomic E-state index is 11.9. The molecule has 2 saturated heterocycles. The van der Waals surface area contributed by atoms with Crippen molar-refractivity contribution in [2.75, 3.05) is 18.8 Å². The smallest absolute Gasteiger partial charge is 0.310 e. The van der Waals surface area contributed by atoms with Gasteiger partial charge in [-0.2, -0.15) is 0 Å². The highest BCUT2D eigenvalue weighted by molar-refractivity contribution is 7.92. The molecule has 0 aromatic carbocycles. The zero-order valence-electron chi connectivity index (χ0n) is 9.33. The van der Waals surface area contributed by atoms with Crippen LogP contribution in [0, 0.1) is 5.92 Å². The first-order valence-electron chi connectivity index (χ1n) is 5.65. The van der Waals surface area contributed by atoms with Crippen molar-refractivity contribution in [3.8, 4) is 0 Å². The molecule has 1 atom stereocenters. The first kappa shape index (κ1) is 12.3. The molecule has 2 rings (SSSR count). The Morgan fingerprint density at radius 2 is 1.82 bits per heavy atom. The van der Waals surface area contributed by atoms with Gasteiger partial charge in [-0.15, -0.1) is 0 Å². The lowest BCUT2D eigenvalue weighted by Gasteiger charge is -2.39. The average Bonchev–Trinajstić information content (AvgIpc) is 2.13. The monoisotopic (exact) mass is 261 g/mol. The van der Waals surface area contributed by atoms with Crippen LogP contribution in [0.4, 0.5) is 0 Å². The Balaban J connectivity index is 1.99. The van der Waals surface area contributed by atoms with Crippen molar-refractivity contribution in [2.45, 2.75) is 24.5 Å². The largest absolute Gasteiger partial charge is 0.481 e. The second-order valence-electron chi connectivity index (χ2n) is 4.63. The van der Waals surface area contributed by atoms with E-state index in [1.165, 1.54) is 4.90 Å². The molecule has 2 fully saturated rings. The fourth-order valence-corrected chi connectivity index (χ4v) is 4.12. The van der Waals surface area contributed by atoms with Gasteiger partial charge >= 0.3 is 5.97 Å². The highest BCUT2D eigenvalue weighted by atomic mass is 32.2. The number of hydrogen-bond donors (Lipinski definition) is 1. The van der Waals surface area contributed by atoms with Gasteiger partial charge in [0, 0.05) is 13.1 Å². The number of carboxylic acids is 1. The predicted octanol–water partition coefficient (Wildman–Crippen LogP) is -0.503. The van der Waals surface area contributed by atoms with Crippen molar-refractivity contribution in [1.82, 2.24) is 4.90 Å². The summed E-state index contributed by atoms with van der Waals surface area (Å²) < 4.78 is 23.4. The Morgan fingerprint density at radius 1 is 1.18 bits per heavy atom. The molecule has 7 heteroatoms. The minimum absolute atomic E-state index is 0.0691. The second kappa shape index (κ2) is 4.29. The summed E-state index contributed by atoms with van der Waals surface area (Å²) in [5, 5.41) is 7.75. The Bertz CT molecular complexity index is 438. The van der Waals surface area contributed by atoms with Crippen molar-refractivity contribution in [1.29, 1.82) is 0 Å². The highest BCUT2D eigenvalue weighted by Gasteiger charge is 2.43. The molecule has 6 nitrogen and oxygen atoms in total. The quantitative estimate of drug-likeness (QED) is 0.723. The standard InChI is InChI=1S/C10H15NO5S/c12-9(11-5-7(6-11)10(13)14)8-3-1-2-4-17(8,15)16/h7-8H,1-6H2,(H,13,14). The summed E-state index contributed by atoms with van der Waals surface area (Å²) in [4.78, 5) is 23.9. The van der Waals surface area contributed by atoms with E-state index in [0.717, 1.165) is 6.42 Å². The summed E-state index contributed by atoms with van der Waals surface area (Å²) >= 11 is 0. The molecule has 0 aromatic rings. The van der Waals surface area contributed by atoms with Crippen LogP contribution in [0.15, 0.2) is 0 Å². The van der Waals surface area contributed by atoms with Crippen molar-refractivity contribution in [3.05, 3.63) is 0 Å². The fourth-order valence-electron chi connectivity index (χ4n) is 2.25. The number of likely N-dealkylation sites (tertiary alicyclic amines) is 1. The van der Waals surface area contributed by atoms with Crippen LogP contribution in [0.3, 0.4) is 0 Å². The van der Waals surface area contributed by atoms with Crippen LogP contribution in [-0.2, 0) is 19.4 Å². The predicted molar refractivity (Wildman–Crippen MR) is 59.1 cm³/mol. The lowest BCUT2D eigenvalue weighted by atomic mass is 9.99. The Morgan fingerprint density at radius 3 is 2.35 bits per heavy atom. The number of carbonyl (C=O) groups excluding carboxylic acids is 1. The van der Waals surface area contributed by atoms with Gasteiger partial charge in [0.05, 0.1) is 11.7 Å². The third-order valence-electron chi connectivity index (χ3n) is 3.40. The van der Waals surface area contributed by atoms with E-state index in [2.05, 4.69) is 0 Å². The summed E-state index contributed by atoms with van der Waals surface area (Å²) in [6.45, 7) is 0.278.